The largest absolute Gasteiger partial charge is 0.392 e. The third kappa shape index (κ3) is 2.73. The van der Waals surface area contributed by atoms with E-state index in [0.717, 1.165) is 0 Å². The summed E-state index contributed by atoms with van der Waals surface area (Å²) in [7, 11) is -2.29. The average Bonchev–Trinajstić information content (AvgIpc) is 2.71. The van der Waals surface area contributed by atoms with Crippen molar-refractivity contribution in [2.75, 3.05) is 4.72 Å². The first-order valence-corrected chi connectivity index (χ1v) is 7.20. The number of aliphatic hydroxyl groups is 1. The Morgan fingerprint density at radius 1 is 1.42 bits per heavy atom. The molecular formula is C11H12ClN3O3S. The number of anilines is 1. The van der Waals surface area contributed by atoms with E-state index in [1.807, 2.05) is 0 Å². The zero-order valence-electron chi connectivity index (χ0n) is 10.0. The van der Waals surface area contributed by atoms with Gasteiger partial charge in [-0.3, -0.25) is 4.72 Å². The lowest BCUT2D eigenvalue weighted by Gasteiger charge is -2.10. The van der Waals surface area contributed by atoms with Gasteiger partial charge in [-0.2, -0.15) is 8.42 Å². The van der Waals surface area contributed by atoms with Crippen molar-refractivity contribution in [3.63, 3.8) is 0 Å². The molecule has 6 nitrogen and oxygen atoms in total. The van der Waals surface area contributed by atoms with E-state index in [1.165, 1.54) is 10.9 Å². The van der Waals surface area contributed by atoms with Gasteiger partial charge in [-0.05, 0) is 6.07 Å². The molecule has 1 aromatic heterocycles. The van der Waals surface area contributed by atoms with Gasteiger partial charge in [0.15, 0.2) is 0 Å². The second-order valence-electron chi connectivity index (χ2n) is 3.87. The van der Waals surface area contributed by atoms with Crippen LogP contribution in [0.15, 0.2) is 35.6 Å². The van der Waals surface area contributed by atoms with Crippen molar-refractivity contribution in [1.82, 2.24) is 9.55 Å². The summed E-state index contributed by atoms with van der Waals surface area (Å²) in [5.74, 6) is 0. The Labute approximate surface area is 115 Å². The van der Waals surface area contributed by atoms with Crippen molar-refractivity contribution in [3.8, 4) is 0 Å². The zero-order chi connectivity index (χ0) is 14.0. The lowest BCUT2D eigenvalue weighted by atomic mass is 10.2. The molecule has 0 amide bonds. The third-order valence-electron chi connectivity index (χ3n) is 2.52. The van der Waals surface area contributed by atoms with Gasteiger partial charge in [0.05, 0.1) is 18.6 Å². The van der Waals surface area contributed by atoms with E-state index in [0.29, 0.717) is 11.3 Å². The SMILES string of the molecule is Cn1cnc(S(=O)(=O)Nc2ccccc2CO)c1Cl. The Morgan fingerprint density at radius 3 is 2.68 bits per heavy atom. The summed E-state index contributed by atoms with van der Waals surface area (Å²) < 4.78 is 28.1. The molecule has 2 N–H and O–H groups in total. The number of benzene rings is 1. The summed E-state index contributed by atoms with van der Waals surface area (Å²) in [6.45, 7) is -0.269. The maximum atomic E-state index is 12.2. The number of hydrogen-bond donors (Lipinski definition) is 2. The highest BCUT2D eigenvalue weighted by molar-refractivity contribution is 7.92. The maximum absolute atomic E-state index is 12.2. The third-order valence-corrected chi connectivity index (χ3v) is 4.38. The van der Waals surface area contributed by atoms with Crippen LogP contribution in [0.5, 0.6) is 0 Å². The van der Waals surface area contributed by atoms with Gasteiger partial charge >= 0.3 is 0 Å². The van der Waals surface area contributed by atoms with Gasteiger partial charge in [0, 0.05) is 12.6 Å². The van der Waals surface area contributed by atoms with Crippen LogP contribution in [0.3, 0.4) is 0 Å². The van der Waals surface area contributed by atoms with Gasteiger partial charge in [-0.15, -0.1) is 0 Å². The van der Waals surface area contributed by atoms with Gasteiger partial charge in [0.1, 0.15) is 5.15 Å². The molecule has 0 saturated carbocycles. The van der Waals surface area contributed by atoms with Gasteiger partial charge in [0.25, 0.3) is 10.0 Å². The van der Waals surface area contributed by atoms with Crippen LogP contribution in [0.2, 0.25) is 5.15 Å². The molecule has 19 heavy (non-hydrogen) atoms. The molecule has 0 bridgehead atoms. The van der Waals surface area contributed by atoms with E-state index in [2.05, 4.69) is 9.71 Å². The molecule has 0 radical (unpaired) electrons. The second-order valence-corrected chi connectivity index (χ2v) is 5.83. The lowest BCUT2D eigenvalue weighted by Crippen LogP contribution is -2.15. The highest BCUT2D eigenvalue weighted by atomic mass is 35.5. The van der Waals surface area contributed by atoms with Crippen molar-refractivity contribution in [2.24, 2.45) is 7.05 Å². The normalized spacial score (nSPS) is 11.5. The Bertz CT molecular complexity index is 697. The summed E-state index contributed by atoms with van der Waals surface area (Å²) in [5, 5.41) is 8.94. The molecule has 0 aliphatic heterocycles. The molecule has 2 rings (SSSR count). The summed E-state index contributed by atoms with van der Waals surface area (Å²) in [4.78, 5) is 3.76. The molecule has 102 valence electrons. The van der Waals surface area contributed by atoms with Crippen molar-refractivity contribution in [2.45, 2.75) is 11.6 Å². The van der Waals surface area contributed by atoms with Crippen LogP contribution in [0.4, 0.5) is 5.69 Å². The number of imidazole rings is 1. The van der Waals surface area contributed by atoms with Crippen LogP contribution in [0.1, 0.15) is 5.56 Å². The minimum Gasteiger partial charge on any atom is -0.392 e. The van der Waals surface area contributed by atoms with E-state index in [1.54, 1.807) is 31.3 Å². The van der Waals surface area contributed by atoms with Crippen molar-refractivity contribution in [3.05, 3.63) is 41.3 Å². The van der Waals surface area contributed by atoms with Crippen LogP contribution in [-0.2, 0) is 23.7 Å². The monoisotopic (exact) mass is 301 g/mol. The van der Waals surface area contributed by atoms with E-state index in [4.69, 9.17) is 16.7 Å². The van der Waals surface area contributed by atoms with Crippen LogP contribution < -0.4 is 4.72 Å². The predicted octanol–water partition coefficient (Wildman–Crippen LogP) is 1.37. The molecule has 0 atom stereocenters. The van der Waals surface area contributed by atoms with Crippen LogP contribution in [0, 0.1) is 0 Å². The minimum atomic E-state index is -3.88. The highest BCUT2D eigenvalue weighted by Gasteiger charge is 2.23. The van der Waals surface area contributed by atoms with Gasteiger partial charge in [-0.1, -0.05) is 29.8 Å². The molecule has 1 heterocycles. The summed E-state index contributed by atoms with van der Waals surface area (Å²) >= 11 is 5.87. The zero-order valence-corrected chi connectivity index (χ0v) is 11.6. The Morgan fingerprint density at radius 2 is 2.11 bits per heavy atom. The van der Waals surface area contributed by atoms with Crippen LogP contribution in [0.25, 0.3) is 0 Å². The summed E-state index contributed by atoms with van der Waals surface area (Å²) in [5.41, 5.74) is 0.768. The summed E-state index contributed by atoms with van der Waals surface area (Å²) in [6.07, 6.45) is 1.31. The van der Waals surface area contributed by atoms with Crippen molar-refractivity contribution < 1.29 is 13.5 Å². The van der Waals surface area contributed by atoms with E-state index >= 15 is 0 Å². The maximum Gasteiger partial charge on any atom is 0.282 e. The average molecular weight is 302 g/mol. The number of rotatable bonds is 4. The smallest absolute Gasteiger partial charge is 0.282 e. The molecule has 0 saturated heterocycles. The number of para-hydroxylation sites is 1. The summed E-state index contributed by atoms with van der Waals surface area (Å²) in [6, 6.07) is 6.55. The number of sulfonamides is 1. The number of aryl methyl sites for hydroxylation is 1. The fourth-order valence-electron chi connectivity index (χ4n) is 1.52. The van der Waals surface area contributed by atoms with E-state index in [9.17, 15) is 8.42 Å². The Kier molecular flexibility index (Phi) is 3.79. The topological polar surface area (TPSA) is 84.2 Å². The Hall–Kier alpha value is -1.57. The number of hydrogen-bond acceptors (Lipinski definition) is 4. The first-order chi connectivity index (χ1) is 8.95. The number of halogens is 1. The van der Waals surface area contributed by atoms with E-state index in [-0.39, 0.29) is 16.8 Å². The number of nitrogens with one attached hydrogen (secondary N) is 1. The molecule has 8 heteroatoms. The highest BCUT2D eigenvalue weighted by Crippen LogP contribution is 2.23. The van der Waals surface area contributed by atoms with Crippen LogP contribution >= 0.6 is 11.6 Å². The minimum absolute atomic E-state index is 0.0222. The molecule has 0 aliphatic carbocycles. The standard InChI is InChI=1S/C11H12ClN3O3S/c1-15-7-13-11(10(15)12)19(17,18)14-9-5-3-2-4-8(9)6-16/h2-5,7,14,16H,6H2,1H3. The molecule has 0 fully saturated rings. The van der Waals surface area contributed by atoms with Crippen molar-refractivity contribution >= 4 is 27.3 Å². The lowest BCUT2D eigenvalue weighted by molar-refractivity contribution is 0.282. The van der Waals surface area contributed by atoms with E-state index < -0.39 is 10.0 Å². The molecular weight excluding hydrogens is 290 g/mol. The molecule has 0 unspecified atom stereocenters. The van der Waals surface area contributed by atoms with Crippen molar-refractivity contribution in [1.29, 1.82) is 0 Å². The number of aromatic nitrogens is 2. The molecule has 1 aromatic carbocycles. The molecule has 0 aliphatic rings. The van der Waals surface area contributed by atoms with Gasteiger partial charge in [0.2, 0.25) is 5.03 Å². The molecule has 2 aromatic rings. The molecule has 0 spiro atoms. The Balaban J connectivity index is 2.39. The first kappa shape index (κ1) is 13.9. The quantitative estimate of drug-likeness (QED) is 0.893. The fraction of sp³-hybridized carbons (Fsp3) is 0.182. The second kappa shape index (κ2) is 5.20. The first-order valence-electron chi connectivity index (χ1n) is 5.34. The number of aliphatic hydroxyl groups excluding tert-OH is 1. The van der Waals surface area contributed by atoms with Gasteiger partial charge < -0.3 is 9.67 Å². The van der Waals surface area contributed by atoms with Crippen LogP contribution in [-0.4, -0.2) is 23.1 Å². The number of nitrogens with zero attached hydrogens (tertiary/aromatic N) is 2. The fourth-order valence-corrected chi connectivity index (χ4v) is 3.06. The van der Waals surface area contributed by atoms with Gasteiger partial charge in [-0.25, -0.2) is 4.98 Å². The predicted molar refractivity (Wildman–Crippen MR) is 71.4 cm³/mol.